The van der Waals surface area contributed by atoms with E-state index in [-0.39, 0.29) is 0 Å². The minimum Gasteiger partial charge on any atom is -0.309 e. The Labute approximate surface area is 356 Å². The predicted molar refractivity (Wildman–Crippen MR) is 257 cm³/mol. The molecule has 0 aliphatic heterocycles. The Balaban J connectivity index is 1.07. The summed E-state index contributed by atoms with van der Waals surface area (Å²) in [5, 5.41) is 12.0. The van der Waals surface area contributed by atoms with Crippen LogP contribution in [0.1, 0.15) is 0 Å². The van der Waals surface area contributed by atoms with Crippen LogP contribution in [0.4, 0.5) is 0 Å². The average Bonchev–Trinajstić information content (AvgIpc) is 3.86. The summed E-state index contributed by atoms with van der Waals surface area (Å²) in [6.07, 6.45) is 0. The maximum atomic E-state index is 5.06. The molecule has 5 heteroatoms. The van der Waals surface area contributed by atoms with E-state index in [4.69, 9.17) is 15.0 Å². The summed E-state index contributed by atoms with van der Waals surface area (Å²) < 4.78 is 4.99. The quantitative estimate of drug-likeness (QED) is 0.174. The lowest BCUT2D eigenvalue weighted by molar-refractivity contribution is 1.07. The number of para-hydroxylation sites is 2. The van der Waals surface area contributed by atoms with Crippen LogP contribution in [0.2, 0.25) is 0 Å². The Morgan fingerprint density at radius 2 is 0.839 bits per heavy atom. The van der Waals surface area contributed by atoms with Gasteiger partial charge in [-0.05, 0) is 57.9 Å². The van der Waals surface area contributed by atoms with E-state index in [1.165, 1.54) is 59.8 Å². The Bertz CT molecular complexity index is 3860. The van der Waals surface area contributed by atoms with Crippen LogP contribution in [0.25, 0.3) is 121 Å². The summed E-state index contributed by atoms with van der Waals surface area (Å²) in [4.78, 5) is 15.0. The van der Waals surface area contributed by atoms with Crippen molar-refractivity contribution in [2.45, 2.75) is 0 Å². The second kappa shape index (κ2) is 13.6. The zero-order chi connectivity index (χ0) is 40.7. The van der Waals surface area contributed by atoms with Crippen molar-refractivity contribution in [3.8, 4) is 45.5 Å². The SMILES string of the molecule is c1ccc(-c2nc(-c3ccccc3)nc(-c3ccc4ccc(-n5c6ccccc6c6c(-n7c8ccccc8c8ccc9ccccc9c87)c7ccccc7cc65)cc4c3)n2)cc1. The molecule has 0 atom stereocenters. The summed E-state index contributed by atoms with van der Waals surface area (Å²) in [6, 6.07) is 75.9. The summed E-state index contributed by atoms with van der Waals surface area (Å²) in [6.45, 7) is 0. The highest BCUT2D eigenvalue weighted by Crippen LogP contribution is 2.45. The molecule has 3 heterocycles. The van der Waals surface area contributed by atoms with Crippen molar-refractivity contribution in [1.82, 2.24) is 24.1 Å². The number of hydrogen-bond acceptors (Lipinski definition) is 3. The van der Waals surface area contributed by atoms with Crippen molar-refractivity contribution in [3.63, 3.8) is 0 Å². The fourth-order valence-corrected chi connectivity index (χ4v) is 9.69. The van der Waals surface area contributed by atoms with Crippen molar-refractivity contribution >= 4 is 75.9 Å². The van der Waals surface area contributed by atoms with Gasteiger partial charge < -0.3 is 9.13 Å². The van der Waals surface area contributed by atoms with E-state index < -0.39 is 0 Å². The molecule has 13 rings (SSSR count). The van der Waals surface area contributed by atoms with Crippen LogP contribution in [-0.4, -0.2) is 24.1 Å². The summed E-state index contributed by atoms with van der Waals surface area (Å²) >= 11 is 0. The molecule has 0 aliphatic carbocycles. The molecule has 0 radical (unpaired) electrons. The maximum absolute atomic E-state index is 5.06. The molecule has 3 aromatic heterocycles. The van der Waals surface area contributed by atoms with Gasteiger partial charge in [0.1, 0.15) is 0 Å². The Morgan fingerprint density at radius 1 is 0.290 bits per heavy atom. The molecule has 0 saturated heterocycles. The zero-order valence-electron chi connectivity index (χ0n) is 33.4. The van der Waals surface area contributed by atoms with Crippen LogP contribution in [0, 0.1) is 0 Å². The third-order valence-electron chi connectivity index (χ3n) is 12.5. The van der Waals surface area contributed by atoms with Gasteiger partial charge in [0.25, 0.3) is 0 Å². The monoisotopic (exact) mass is 789 g/mol. The molecule has 0 aliphatic rings. The number of fused-ring (bicyclic) bond motifs is 10. The minimum atomic E-state index is 0.636. The number of nitrogens with zero attached hydrogens (tertiary/aromatic N) is 5. The number of rotatable bonds is 5. The largest absolute Gasteiger partial charge is 0.309 e. The molecule has 0 unspecified atom stereocenters. The first-order valence-corrected chi connectivity index (χ1v) is 21.0. The van der Waals surface area contributed by atoms with Gasteiger partial charge in [-0.3, -0.25) is 0 Å². The van der Waals surface area contributed by atoms with Gasteiger partial charge >= 0.3 is 0 Å². The molecule has 0 spiro atoms. The van der Waals surface area contributed by atoms with Crippen LogP contribution in [0.15, 0.2) is 212 Å². The molecule has 0 saturated carbocycles. The second-order valence-electron chi connectivity index (χ2n) is 16.0. The van der Waals surface area contributed by atoms with Crippen molar-refractivity contribution < 1.29 is 0 Å². The molecule has 62 heavy (non-hydrogen) atoms. The first kappa shape index (κ1) is 34.5. The Kier molecular flexibility index (Phi) is 7.54. The lowest BCUT2D eigenvalue weighted by Gasteiger charge is -2.16. The topological polar surface area (TPSA) is 48.5 Å². The van der Waals surface area contributed by atoms with Gasteiger partial charge in [-0.15, -0.1) is 0 Å². The first-order valence-electron chi connectivity index (χ1n) is 21.0. The van der Waals surface area contributed by atoms with Gasteiger partial charge in [0.2, 0.25) is 0 Å². The average molecular weight is 790 g/mol. The highest BCUT2D eigenvalue weighted by atomic mass is 15.0. The van der Waals surface area contributed by atoms with Crippen LogP contribution in [0.3, 0.4) is 0 Å². The minimum absolute atomic E-state index is 0.636. The van der Waals surface area contributed by atoms with Crippen LogP contribution < -0.4 is 0 Å². The second-order valence-corrected chi connectivity index (χ2v) is 16.0. The molecule has 0 bridgehead atoms. The van der Waals surface area contributed by atoms with Gasteiger partial charge in [-0.1, -0.05) is 176 Å². The Hall–Kier alpha value is -8.41. The van der Waals surface area contributed by atoms with Crippen molar-refractivity contribution in [1.29, 1.82) is 0 Å². The molecule has 288 valence electrons. The van der Waals surface area contributed by atoms with E-state index in [1.54, 1.807) is 0 Å². The predicted octanol–water partition coefficient (Wildman–Crippen LogP) is 14.5. The highest BCUT2D eigenvalue weighted by Gasteiger charge is 2.23. The molecule has 0 fully saturated rings. The van der Waals surface area contributed by atoms with E-state index in [1.807, 2.05) is 60.7 Å². The van der Waals surface area contributed by atoms with Crippen LogP contribution in [-0.2, 0) is 0 Å². The number of benzene rings is 10. The van der Waals surface area contributed by atoms with E-state index in [0.717, 1.165) is 44.2 Å². The molecule has 0 N–H and O–H groups in total. The summed E-state index contributed by atoms with van der Waals surface area (Å²) in [5.74, 6) is 1.93. The lowest BCUT2D eigenvalue weighted by Crippen LogP contribution is -2.00. The number of hydrogen-bond donors (Lipinski definition) is 0. The molecular formula is C57H35N5. The highest BCUT2D eigenvalue weighted by molar-refractivity contribution is 6.24. The fourth-order valence-electron chi connectivity index (χ4n) is 9.69. The zero-order valence-corrected chi connectivity index (χ0v) is 33.4. The number of aromatic nitrogens is 5. The van der Waals surface area contributed by atoms with Crippen molar-refractivity contribution in [3.05, 3.63) is 212 Å². The van der Waals surface area contributed by atoms with E-state index >= 15 is 0 Å². The molecule has 0 amide bonds. The van der Waals surface area contributed by atoms with Gasteiger partial charge in [-0.2, -0.15) is 0 Å². The van der Waals surface area contributed by atoms with Crippen LogP contribution >= 0.6 is 0 Å². The van der Waals surface area contributed by atoms with Crippen LogP contribution in [0.5, 0.6) is 0 Å². The first-order chi connectivity index (χ1) is 30.7. The normalized spacial score (nSPS) is 11.9. The van der Waals surface area contributed by atoms with E-state index in [2.05, 4.69) is 161 Å². The smallest absolute Gasteiger partial charge is 0.164 e. The van der Waals surface area contributed by atoms with Gasteiger partial charge in [0.05, 0.1) is 27.8 Å². The fraction of sp³-hybridized carbons (Fsp3) is 0. The summed E-state index contributed by atoms with van der Waals surface area (Å²) in [5.41, 5.74) is 9.82. The van der Waals surface area contributed by atoms with Crippen molar-refractivity contribution in [2.75, 3.05) is 0 Å². The van der Waals surface area contributed by atoms with Gasteiger partial charge in [0, 0.05) is 54.7 Å². The van der Waals surface area contributed by atoms with Gasteiger partial charge in [0.15, 0.2) is 17.5 Å². The molecule has 13 aromatic rings. The van der Waals surface area contributed by atoms with Gasteiger partial charge in [-0.25, -0.2) is 15.0 Å². The maximum Gasteiger partial charge on any atom is 0.164 e. The molecule has 10 aromatic carbocycles. The van der Waals surface area contributed by atoms with E-state index in [0.29, 0.717) is 17.5 Å². The molecule has 5 nitrogen and oxygen atoms in total. The Morgan fingerprint density at radius 3 is 1.56 bits per heavy atom. The third-order valence-corrected chi connectivity index (χ3v) is 12.5. The van der Waals surface area contributed by atoms with E-state index in [9.17, 15) is 0 Å². The summed E-state index contributed by atoms with van der Waals surface area (Å²) in [7, 11) is 0. The standard InChI is InChI=1S/C57H35N5/c1-3-16-38(17-4-1)55-58-56(39-18-5-2-6-19-39)60-57(59-55)41-28-27-36-29-31-43(34-42(36)33-41)61-50-26-14-12-24-48(50)52-51(61)35-40-20-8-10-22-45(40)54(52)62-49-25-13-11-23-46(49)47-32-30-37-15-7-9-21-44(37)53(47)62/h1-35H. The molecular weight excluding hydrogens is 755 g/mol. The van der Waals surface area contributed by atoms with Crippen molar-refractivity contribution in [2.24, 2.45) is 0 Å². The third kappa shape index (κ3) is 5.25. The lowest BCUT2D eigenvalue weighted by atomic mass is 10.0.